The number of anilines is 2. The zero-order valence-corrected chi connectivity index (χ0v) is 16.8. The Balaban J connectivity index is 1.55. The molecule has 0 radical (unpaired) electrons. The lowest BCUT2D eigenvalue weighted by molar-refractivity contribution is -0.118. The molecule has 0 fully saturated rings. The average molecular weight is 388 g/mol. The molecular weight excluding hydrogens is 364 g/mol. The van der Waals surface area contributed by atoms with Crippen molar-refractivity contribution in [3.8, 4) is 5.75 Å². The molecule has 0 spiro atoms. The Morgan fingerprint density at radius 3 is 2.00 bits per heavy atom. The molecule has 0 aromatic heterocycles. The van der Waals surface area contributed by atoms with Crippen LogP contribution in [-0.4, -0.2) is 18.4 Å². The molecular formula is C24H24N2O3. The van der Waals surface area contributed by atoms with Crippen molar-refractivity contribution in [3.05, 3.63) is 89.0 Å². The van der Waals surface area contributed by atoms with Crippen LogP contribution in [-0.2, 0) is 4.79 Å². The van der Waals surface area contributed by atoms with Gasteiger partial charge in [0.25, 0.3) is 11.8 Å². The van der Waals surface area contributed by atoms with Gasteiger partial charge in [-0.3, -0.25) is 9.59 Å². The zero-order chi connectivity index (χ0) is 20.8. The molecule has 29 heavy (non-hydrogen) atoms. The maximum Gasteiger partial charge on any atom is 0.262 e. The van der Waals surface area contributed by atoms with Gasteiger partial charge in [0.1, 0.15) is 5.75 Å². The largest absolute Gasteiger partial charge is 0.483 e. The summed E-state index contributed by atoms with van der Waals surface area (Å²) in [6.45, 7) is 5.77. The summed E-state index contributed by atoms with van der Waals surface area (Å²) < 4.78 is 5.67. The summed E-state index contributed by atoms with van der Waals surface area (Å²) in [7, 11) is 0. The van der Waals surface area contributed by atoms with Crippen molar-refractivity contribution < 1.29 is 14.3 Å². The molecule has 3 aromatic carbocycles. The van der Waals surface area contributed by atoms with Gasteiger partial charge in [0.2, 0.25) is 0 Å². The quantitative estimate of drug-likeness (QED) is 0.632. The number of rotatable bonds is 6. The highest BCUT2D eigenvalue weighted by Crippen LogP contribution is 2.22. The molecule has 0 atom stereocenters. The Hall–Kier alpha value is -3.60. The number of hydrogen-bond acceptors (Lipinski definition) is 3. The third-order valence-electron chi connectivity index (χ3n) is 4.46. The highest BCUT2D eigenvalue weighted by molar-refractivity contribution is 6.04. The van der Waals surface area contributed by atoms with E-state index in [0.29, 0.717) is 16.9 Å². The summed E-state index contributed by atoms with van der Waals surface area (Å²) in [5.41, 5.74) is 4.90. The minimum atomic E-state index is -0.246. The Morgan fingerprint density at radius 1 is 0.793 bits per heavy atom. The van der Waals surface area contributed by atoms with Gasteiger partial charge in [-0.15, -0.1) is 0 Å². The number of nitrogens with one attached hydrogen (secondary N) is 2. The maximum atomic E-state index is 12.3. The molecule has 0 bridgehead atoms. The van der Waals surface area contributed by atoms with Crippen LogP contribution < -0.4 is 15.4 Å². The molecule has 5 heteroatoms. The third kappa shape index (κ3) is 5.45. The fourth-order valence-corrected chi connectivity index (χ4v) is 2.99. The number of carbonyl (C=O) groups excluding carboxylic acids is 2. The molecule has 0 saturated carbocycles. The zero-order valence-electron chi connectivity index (χ0n) is 16.8. The van der Waals surface area contributed by atoms with Gasteiger partial charge in [-0.05, 0) is 68.3 Å². The molecule has 5 nitrogen and oxygen atoms in total. The number of hydrogen-bond donors (Lipinski definition) is 2. The smallest absolute Gasteiger partial charge is 0.262 e. The average Bonchev–Trinajstić information content (AvgIpc) is 2.69. The fourth-order valence-electron chi connectivity index (χ4n) is 2.99. The standard InChI is InChI=1S/C24H24N2O3/c1-16-6-4-9-19(14-16)24(28)26-21-12-10-20(11-13-21)25-22(27)15-29-23-17(2)7-5-8-18(23)3/h4-14H,15H2,1-3H3,(H,25,27)(H,26,28). The Kier molecular flexibility index (Phi) is 6.29. The van der Waals surface area contributed by atoms with Crippen molar-refractivity contribution in [1.29, 1.82) is 0 Å². The highest BCUT2D eigenvalue weighted by atomic mass is 16.5. The van der Waals surface area contributed by atoms with E-state index < -0.39 is 0 Å². The SMILES string of the molecule is Cc1cccc(C(=O)Nc2ccc(NC(=O)COc3c(C)cccc3C)cc2)c1. The fraction of sp³-hybridized carbons (Fsp3) is 0.167. The van der Waals surface area contributed by atoms with Crippen LogP contribution in [0.5, 0.6) is 5.75 Å². The number of ether oxygens (including phenoxy) is 1. The van der Waals surface area contributed by atoms with Gasteiger partial charge in [0.05, 0.1) is 0 Å². The molecule has 2 amide bonds. The van der Waals surface area contributed by atoms with E-state index in [0.717, 1.165) is 22.4 Å². The molecule has 148 valence electrons. The van der Waals surface area contributed by atoms with Crippen LogP contribution in [0.2, 0.25) is 0 Å². The number of aryl methyl sites for hydroxylation is 3. The predicted molar refractivity (Wildman–Crippen MR) is 116 cm³/mol. The second-order valence-corrected chi connectivity index (χ2v) is 6.96. The van der Waals surface area contributed by atoms with Crippen LogP contribution in [0.4, 0.5) is 11.4 Å². The molecule has 0 saturated heterocycles. The Bertz CT molecular complexity index is 1010. The first-order valence-corrected chi connectivity index (χ1v) is 9.39. The second kappa shape index (κ2) is 9.06. The van der Waals surface area contributed by atoms with Crippen molar-refractivity contribution in [3.63, 3.8) is 0 Å². The summed E-state index contributed by atoms with van der Waals surface area (Å²) in [6, 6.07) is 20.2. The van der Waals surface area contributed by atoms with E-state index in [9.17, 15) is 9.59 Å². The van der Waals surface area contributed by atoms with Crippen LogP contribution in [0, 0.1) is 20.8 Å². The summed E-state index contributed by atoms with van der Waals surface area (Å²) in [5.74, 6) is 0.313. The van der Waals surface area contributed by atoms with Crippen molar-refractivity contribution in [2.75, 3.05) is 17.2 Å². The third-order valence-corrected chi connectivity index (χ3v) is 4.46. The summed E-state index contributed by atoms with van der Waals surface area (Å²) in [4.78, 5) is 24.5. The van der Waals surface area contributed by atoms with Crippen molar-refractivity contribution in [2.24, 2.45) is 0 Å². The van der Waals surface area contributed by atoms with E-state index in [-0.39, 0.29) is 18.4 Å². The predicted octanol–water partition coefficient (Wildman–Crippen LogP) is 4.88. The lowest BCUT2D eigenvalue weighted by Crippen LogP contribution is -2.20. The van der Waals surface area contributed by atoms with Crippen molar-refractivity contribution >= 4 is 23.2 Å². The molecule has 0 aliphatic rings. The van der Waals surface area contributed by atoms with Gasteiger partial charge in [0.15, 0.2) is 6.61 Å². The number of benzene rings is 3. The second-order valence-electron chi connectivity index (χ2n) is 6.96. The van der Waals surface area contributed by atoms with Crippen LogP contribution in [0.1, 0.15) is 27.0 Å². The maximum absolute atomic E-state index is 12.3. The Morgan fingerprint density at radius 2 is 1.38 bits per heavy atom. The number of carbonyl (C=O) groups is 2. The van der Waals surface area contributed by atoms with Gasteiger partial charge in [-0.1, -0.05) is 35.9 Å². The summed E-state index contributed by atoms with van der Waals surface area (Å²) in [6.07, 6.45) is 0. The van der Waals surface area contributed by atoms with E-state index >= 15 is 0 Å². The van der Waals surface area contributed by atoms with E-state index in [2.05, 4.69) is 10.6 Å². The van der Waals surface area contributed by atoms with Gasteiger partial charge in [0, 0.05) is 16.9 Å². The van der Waals surface area contributed by atoms with Gasteiger partial charge < -0.3 is 15.4 Å². The molecule has 3 rings (SSSR count). The first-order chi connectivity index (χ1) is 13.9. The monoisotopic (exact) mass is 388 g/mol. The van der Waals surface area contributed by atoms with Crippen LogP contribution in [0.25, 0.3) is 0 Å². The van der Waals surface area contributed by atoms with Crippen LogP contribution in [0.15, 0.2) is 66.7 Å². The van der Waals surface area contributed by atoms with Gasteiger partial charge in [-0.2, -0.15) is 0 Å². The van der Waals surface area contributed by atoms with Crippen molar-refractivity contribution in [1.82, 2.24) is 0 Å². The molecule has 3 aromatic rings. The lowest BCUT2D eigenvalue weighted by atomic mass is 10.1. The molecule has 0 heterocycles. The molecule has 0 aliphatic carbocycles. The van der Waals surface area contributed by atoms with Gasteiger partial charge >= 0.3 is 0 Å². The number of para-hydroxylation sites is 1. The molecule has 0 aliphatic heterocycles. The molecule has 2 N–H and O–H groups in total. The van der Waals surface area contributed by atoms with E-state index in [4.69, 9.17) is 4.74 Å². The van der Waals surface area contributed by atoms with Crippen LogP contribution >= 0.6 is 0 Å². The minimum Gasteiger partial charge on any atom is -0.483 e. The van der Waals surface area contributed by atoms with Crippen LogP contribution in [0.3, 0.4) is 0 Å². The van der Waals surface area contributed by atoms with Gasteiger partial charge in [-0.25, -0.2) is 0 Å². The number of amides is 2. The van der Waals surface area contributed by atoms with E-state index in [1.807, 2.05) is 57.2 Å². The normalized spacial score (nSPS) is 10.3. The van der Waals surface area contributed by atoms with E-state index in [1.54, 1.807) is 30.3 Å². The molecule has 0 unspecified atom stereocenters. The summed E-state index contributed by atoms with van der Waals surface area (Å²) in [5, 5.41) is 5.64. The van der Waals surface area contributed by atoms with Crippen molar-refractivity contribution in [2.45, 2.75) is 20.8 Å². The van der Waals surface area contributed by atoms with E-state index in [1.165, 1.54) is 0 Å². The Labute approximate surface area is 170 Å². The minimum absolute atomic E-state index is 0.0719. The summed E-state index contributed by atoms with van der Waals surface area (Å²) >= 11 is 0. The lowest BCUT2D eigenvalue weighted by Gasteiger charge is -2.12. The first kappa shape index (κ1) is 20.1. The first-order valence-electron chi connectivity index (χ1n) is 9.39. The highest BCUT2D eigenvalue weighted by Gasteiger charge is 2.09. The topological polar surface area (TPSA) is 67.4 Å².